The number of methoxy groups -OCH3 is 1. The highest BCUT2D eigenvalue weighted by Crippen LogP contribution is 2.24. The topological polar surface area (TPSA) is 26.3 Å². The van der Waals surface area contributed by atoms with Gasteiger partial charge in [-0.15, -0.1) is 0 Å². The highest BCUT2D eigenvalue weighted by atomic mass is 127. The SMILES string of the molecule is COc1ccc(Br)c(CC(=O)c2cccc(I)c2)c1. The molecule has 0 amide bonds. The molecule has 0 fully saturated rings. The fourth-order valence-corrected chi connectivity index (χ4v) is 2.68. The molecule has 2 nitrogen and oxygen atoms in total. The molecule has 2 aromatic carbocycles. The molecule has 0 heterocycles. The zero-order valence-electron chi connectivity index (χ0n) is 10.3. The molecule has 0 bridgehead atoms. The van der Waals surface area contributed by atoms with Crippen LogP contribution in [0.2, 0.25) is 0 Å². The lowest BCUT2D eigenvalue weighted by molar-refractivity contribution is 0.0992. The third-order valence-corrected chi connectivity index (χ3v) is 4.20. The molecule has 0 aliphatic heterocycles. The molecule has 0 aromatic heterocycles. The summed E-state index contributed by atoms with van der Waals surface area (Å²) in [5.41, 5.74) is 1.67. The van der Waals surface area contributed by atoms with Crippen molar-refractivity contribution in [3.63, 3.8) is 0 Å². The third-order valence-electron chi connectivity index (χ3n) is 2.75. The normalized spacial score (nSPS) is 10.3. The van der Waals surface area contributed by atoms with Gasteiger partial charge in [-0.3, -0.25) is 4.79 Å². The average molecular weight is 431 g/mol. The second kappa shape index (κ2) is 6.52. The molecule has 2 aromatic rings. The Bertz CT molecular complexity index is 611. The molecule has 0 radical (unpaired) electrons. The third kappa shape index (κ3) is 3.79. The summed E-state index contributed by atoms with van der Waals surface area (Å²) in [6.45, 7) is 0. The van der Waals surface area contributed by atoms with E-state index in [0.29, 0.717) is 6.42 Å². The standard InChI is InChI=1S/C15H12BrIO2/c1-19-13-5-6-14(16)11(8-13)9-15(18)10-3-2-4-12(17)7-10/h2-8H,9H2,1H3. The van der Waals surface area contributed by atoms with Crippen molar-refractivity contribution < 1.29 is 9.53 Å². The van der Waals surface area contributed by atoms with E-state index in [1.165, 1.54) is 0 Å². The number of ether oxygens (including phenoxy) is 1. The minimum Gasteiger partial charge on any atom is -0.497 e. The second-order valence-electron chi connectivity index (χ2n) is 4.07. The van der Waals surface area contributed by atoms with Gasteiger partial charge in [0.25, 0.3) is 0 Å². The van der Waals surface area contributed by atoms with E-state index >= 15 is 0 Å². The van der Waals surface area contributed by atoms with Crippen molar-refractivity contribution in [3.05, 3.63) is 61.6 Å². The van der Waals surface area contributed by atoms with Crippen LogP contribution in [0.4, 0.5) is 0 Å². The lowest BCUT2D eigenvalue weighted by Gasteiger charge is -2.07. The van der Waals surface area contributed by atoms with E-state index < -0.39 is 0 Å². The first-order valence-electron chi connectivity index (χ1n) is 5.71. The van der Waals surface area contributed by atoms with Crippen LogP contribution in [-0.4, -0.2) is 12.9 Å². The number of carbonyl (C=O) groups excluding carboxylic acids is 1. The Labute approximate surface area is 134 Å². The number of Topliss-reactive ketones (excluding diaryl/α,β-unsaturated/α-hetero) is 1. The molecule has 0 N–H and O–H groups in total. The van der Waals surface area contributed by atoms with E-state index in [4.69, 9.17) is 4.74 Å². The number of carbonyl (C=O) groups is 1. The first-order chi connectivity index (χ1) is 9.10. The predicted octanol–water partition coefficient (Wildman–Crippen LogP) is 4.49. The van der Waals surface area contributed by atoms with Gasteiger partial charge in [0.05, 0.1) is 7.11 Å². The number of benzene rings is 2. The van der Waals surface area contributed by atoms with Crippen LogP contribution in [-0.2, 0) is 6.42 Å². The number of hydrogen-bond acceptors (Lipinski definition) is 2. The largest absolute Gasteiger partial charge is 0.497 e. The van der Waals surface area contributed by atoms with Crippen LogP contribution in [0.3, 0.4) is 0 Å². The van der Waals surface area contributed by atoms with Crippen LogP contribution >= 0.6 is 38.5 Å². The summed E-state index contributed by atoms with van der Waals surface area (Å²) in [6, 6.07) is 13.3. The Hall–Kier alpha value is -0.880. The predicted molar refractivity (Wildman–Crippen MR) is 87.9 cm³/mol. The molecule has 4 heteroatoms. The van der Waals surface area contributed by atoms with E-state index in [1.54, 1.807) is 7.11 Å². The molecule has 0 aliphatic rings. The van der Waals surface area contributed by atoms with Crippen molar-refractivity contribution in [2.45, 2.75) is 6.42 Å². The summed E-state index contributed by atoms with van der Waals surface area (Å²) in [5.74, 6) is 0.862. The van der Waals surface area contributed by atoms with Crippen molar-refractivity contribution in [1.82, 2.24) is 0 Å². The quantitative estimate of drug-likeness (QED) is 0.527. The van der Waals surface area contributed by atoms with E-state index in [0.717, 1.165) is 24.9 Å². The molecule has 0 unspecified atom stereocenters. The summed E-state index contributed by atoms with van der Waals surface area (Å²) in [7, 11) is 1.62. The molecular weight excluding hydrogens is 419 g/mol. The van der Waals surface area contributed by atoms with Crippen LogP contribution < -0.4 is 4.74 Å². The molecule has 0 saturated heterocycles. The highest BCUT2D eigenvalue weighted by molar-refractivity contribution is 14.1. The summed E-state index contributed by atoms with van der Waals surface area (Å²) in [6.07, 6.45) is 0.359. The van der Waals surface area contributed by atoms with Gasteiger partial charge in [0.1, 0.15) is 5.75 Å². The smallest absolute Gasteiger partial charge is 0.167 e. The van der Waals surface area contributed by atoms with Crippen LogP contribution in [0.1, 0.15) is 15.9 Å². The van der Waals surface area contributed by atoms with Gasteiger partial charge in [0.15, 0.2) is 5.78 Å². The minimum absolute atomic E-state index is 0.104. The second-order valence-corrected chi connectivity index (χ2v) is 6.17. The Morgan fingerprint density at radius 3 is 2.74 bits per heavy atom. The van der Waals surface area contributed by atoms with E-state index in [9.17, 15) is 4.79 Å². The molecule has 0 aliphatic carbocycles. The first-order valence-corrected chi connectivity index (χ1v) is 7.58. The van der Waals surface area contributed by atoms with Crippen LogP contribution in [0, 0.1) is 3.57 Å². The Morgan fingerprint density at radius 2 is 2.05 bits per heavy atom. The maximum atomic E-state index is 12.3. The Morgan fingerprint density at radius 1 is 1.26 bits per heavy atom. The minimum atomic E-state index is 0.104. The maximum Gasteiger partial charge on any atom is 0.167 e. The lowest BCUT2D eigenvalue weighted by Crippen LogP contribution is -2.04. The molecular formula is C15H12BrIO2. The van der Waals surface area contributed by atoms with Crippen molar-refractivity contribution in [2.24, 2.45) is 0 Å². The van der Waals surface area contributed by atoms with Crippen LogP contribution in [0.5, 0.6) is 5.75 Å². The summed E-state index contributed by atoms with van der Waals surface area (Å²) in [5, 5.41) is 0. The molecule has 19 heavy (non-hydrogen) atoms. The van der Waals surface area contributed by atoms with Gasteiger partial charge in [-0.1, -0.05) is 28.1 Å². The first kappa shape index (κ1) is 14.5. The molecule has 2 rings (SSSR count). The van der Waals surface area contributed by atoms with Gasteiger partial charge in [-0.05, 0) is 58.5 Å². The van der Waals surface area contributed by atoms with Gasteiger partial charge in [0, 0.05) is 20.0 Å². The summed E-state index contributed by atoms with van der Waals surface area (Å²) in [4.78, 5) is 12.3. The monoisotopic (exact) mass is 430 g/mol. The van der Waals surface area contributed by atoms with Gasteiger partial charge in [0.2, 0.25) is 0 Å². The number of halogens is 2. The summed E-state index contributed by atoms with van der Waals surface area (Å²) < 4.78 is 7.17. The highest BCUT2D eigenvalue weighted by Gasteiger charge is 2.10. The van der Waals surface area contributed by atoms with E-state index in [1.807, 2.05) is 42.5 Å². The van der Waals surface area contributed by atoms with Crippen molar-refractivity contribution >= 4 is 44.3 Å². The molecule has 0 atom stereocenters. The summed E-state index contributed by atoms with van der Waals surface area (Å²) >= 11 is 5.67. The number of hydrogen-bond donors (Lipinski definition) is 0. The lowest BCUT2D eigenvalue weighted by atomic mass is 10.0. The van der Waals surface area contributed by atoms with Gasteiger partial charge >= 0.3 is 0 Å². The molecule has 98 valence electrons. The van der Waals surface area contributed by atoms with Crippen LogP contribution in [0.15, 0.2) is 46.9 Å². The fraction of sp³-hybridized carbons (Fsp3) is 0.133. The number of ketones is 1. The maximum absolute atomic E-state index is 12.3. The molecule has 0 spiro atoms. The average Bonchev–Trinajstić information content (AvgIpc) is 2.41. The van der Waals surface area contributed by atoms with Gasteiger partial charge in [-0.2, -0.15) is 0 Å². The van der Waals surface area contributed by atoms with Crippen LogP contribution in [0.25, 0.3) is 0 Å². The zero-order valence-corrected chi connectivity index (χ0v) is 14.1. The van der Waals surface area contributed by atoms with Crippen molar-refractivity contribution in [2.75, 3.05) is 7.11 Å². The van der Waals surface area contributed by atoms with Crippen molar-refractivity contribution in [1.29, 1.82) is 0 Å². The zero-order chi connectivity index (χ0) is 13.8. The van der Waals surface area contributed by atoms with E-state index in [2.05, 4.69) is 38.5 Å². The Balaban J connectivity index is 2.23. The number of rotatable bonds is 4. The fourth-order valence-electron chi connectivity index (χ4n) is 1.75. The molecule has 0 saturated carbocycles. The van der Waals surface area contributed by atoms with Gasteiger partial charge in [-0.25, -0.2) is 0 Å². The van der Waals surface area contributed by atoms with Crippen molar-refractivity contribution in [3.8, 4) is 5.75 Å². The van der Waals surface area contributed by atoms with E-state index in [-0.39, 0.29) is 5.78 Å². The van der Waals surface area contributed by atoms with Gasteiger partial charge < -0.3 is 4.74 Å². The Kier molecular flexibility index (Phi) is 4.99.